The highest BCUT2D eigenvalue weighted by molar-refractivity contribution is 4.46. The maximum Gasteiger partial charge on any atom is 0.0822 e. The van der Waals surface area contributed by atoms with Gasteiger partial charge in [0.2, 0.25) is 0 Å². The van der Waals surface area contributed by atoms with Crippen molar-refractivity contribution >= 4 is 0 Å². The Labute approximate surface area is 95.3 Å². The Morgan fingerprint density at radius 1 is 0.600 bits per heavy atom. The molecular weight excluding hydrogens is 188 g/mol. The summed E-state index contributed by atoms with van der Waals surface area (Å²) in [4.78, 5) is 9.75. The quantitative estimate of drug-likeness (QED) is 0.272. The van der Waals surface area contributed by atoms with Crippen molar-refractivity contribution in [2.24, 2.45) is 0 Å². The standard InChI is InChI=1S/C13H28O2/c1-3-5-6-7-8-9-10-11-12-13-15-14-4-2/h3-13H2,1-2H3. The second kappa shape index (κ2) is 13.9. The van der Waals surface area contributed by atoms with Gasteiger partial charge < -0.3 is 0 Å². The number of hydrogen-bond donors (Lipinski definition) is 0. The van der Waals surface area contributed by atoms with Gasteiger partial charge in [-0.2, -0.15) is 0 Å². The Morgan fingerprint density at radius 3 is 1.67 bits per heavy atom. The summed E-state index contributed by atoms with van der Waals surface area (Å²) in [5.74, 6) is 0. The molecule has 0 aromatic carbocycles. The van der Waals surface area contributed by atoms with Crippen LogP contribution in [0.5, 0.6) is 0 Å². The smallest absolute Gasteiger partial charge is 0.0822 e. The number of hydrogen-bond acceptors (Lipinski definition) is 2. The van der Waals surface area contributed by atoms with Gasteiger partial charge >= 0.3 is 0 Å². The average molecular weight is 216 g/mol. The van der Waals surface area contributed by atoms with E-state index in [1.807, 2.05) is 6.92 Å². The van der Waals surface area contributed by atoms with Crippen LogP contribution >= 0.6 is 0 Å². The van der Waals surface area contributed by atoms with Crippen molar-refractivity contribution in [2.45, 2.75) is 71.6 Å². The zero-order chi connectivity index (χ0) is 11.2. The molecule has 0 fully saturated rings. The fourth-order valence-electron chi connectivity index (χ4n) is 1.61. The minimum Gasteiger partial charge on any atom is -0.237 e. The number of rotatable bonds is 12. The summed E-state index contributed by atoms with van der Waals surface area (Å²) < 4.78 is 0. The van der Waals surface area contributed by atoms with Gasteiger partial charge in [0, 0.05) is 0 Å². The molecule has 2 nitrogen and oxygen atoms in total. The molecule has 0 radical (unpaired) electrons. The molecule has 0 spiro atoms. The molecule has 0 aliphatic rings. The summed E-state index contributed by atoms with van der Waals surface area (Å²) in [6.07, 6.45) is 12.1. The van der Waals surface area contributed by atoms with Crippen molar-refractivity contribution in [1.29, 1.82) is 0 Å². The molecule has 0 aliphatic carbocycles. The first kappa shape index (κ1) is 14.9. The van der Waals surface area contributed by atoms with Gasteiger partial charge in [0.1, 0.15) is 0 Å². The van der Waals surface area contributed by atoms with E-state index < -0.39 is 0 Å². The Kier molecular flexibility index (Phi) is 13.8. The summed E-state index contributed by atoms with van der Waals surface area (Å²) in [6, 6.07) is 0. The van der Waals surface area contributed by atoms with E-state index in [-0.39, 0.29) is 0 Å². The van der Waals surface area contributed by atoms with Crippen LogP contribution in [-0.4, -0.2) is 13.2 Å². The zero-order valence-corrected chi connectivity index (χ0v) is 10.6. The van der Waals surface area contributed by atoms with E-state index in [0.29, 0.717) is 6.61 Å². The Hall–Kier alpha value is -0.0800. The predicted octanol–water partition coefficient (Wildman–Crippen LogP) is 4.49. The third-order valence-corrected chi connectivity index (χ3v) is 2.53. The molecule has 0 bridgehead atoms. The van der Waals surface area contributed by atoms with Crippen LogP contribution in [-0.2, 0) is 9.78 Å². The molecule has 0 heterocycles. The van der Waals surface area contributed by atoms with Crippen molar-refractivity contribution in [1.82, 2.24) is 0 Å². The summed E-state index contributed by atoms with van der Waals surface area (Å²) in [5, 5.41) is 0. The highest BCUT2D eigenvalue weighted by atomic mass is 17.2. The second-order valence-corrected chi connectivity index (χ2v) is 4.06. The molecule has 0 amide bonds. The fourth-order valence-corrected chi connectivity index (χ4v) is 1.61. The van der Waals surface area contributed by atoms with E-state index >= 15 is 0 Å². The lowest BCUT2D eigenvalue weighted by atomic mass is 10.1. The van der Waals surface area contributed by atoms with E-state index in [4.69, 9.17) is 9.78 Å². The van der Waals surface area contributed by atoms with E-state index in [9.17, 15) is 0 Å². The van der Waals surface area contributed by atoms with Crippen LogP contribution in [0.4, 0.5) is 0 Å². The molecule has 2 heteroatoms. The fraction of sp³-hybridized carbons (Fsp3) is 1.00. The van der Waals surface area contributed by atoms with Crippen molar-refractivity contribution in [2.75, 3.05) is 13.2 Å². The maximum absolute atomic E-state index is 4.94. The van der Waals surface area contributed by atoms with Crippen molar-refractivity contribution in [3.63, 3.8) is 0 Å². The SMILES string of the molecule is CCCCCCCCCCCOOCC. The Bertz CT molecular complexity index is 92.7. The van der Waals surface area contributed by atoms with Gasteiger partial charge in [0.05, 0.1) is 13.2 Å². The summed E-state index contributed by atoms with van der Waals surface area (Å²) >= 11 is 0. The Morgan fingerprint density at radius 2 is 1.13 bits per heavy atom. The van der Waals surface area contributed by atoms with E-state index in [1.54, 1.807) is 0 Å². The van der Waals surface area contributed by atoms with Crippen LogP contribution in [0.1, 0.15) is 71.6 Å². The predicted molar refractivity (Wildman–Crippen MR) is 64.8 cm³/mol. The van der Waals surface area contributed by atoms with Crippen molar-refractivity contribution in [3.8, 4) is 0 Å². The Balaban J connectivity index is 2.81. The maximum atomic E-state index is 4.94. The van der Waals surface area contributed by atoms with Gasteiger partial charge in [-0.3, -0.25) is 0 Å². The largest absolute Gasteiger partial charge is 0.237 e. The molecule has 0 saturated heterocycles. The molecule has 0 aromatic heterocycles. The minimum absolute atomic E-state index is 0.650. The lowest BCUT2D eigenvalue weighted by Crippen LogP contribution is -1.95. The molecule has 92 valence electrons. The lowest BCUT2D eigenvalue weighted by molar-refractivity contribution is -0.291. The van der Waals surface area contributed by atoms with Crippen LogP contribution in [0.3, 0.4) is 0 Å². The molecule has 0 aliphatic heterocycles. The normalized spacial score (nSPS) is 10.8. The van der Waals surface area contributed by atoms with Crippen LogP contribution in [0, 0.1) is 0 Å². The number of unbranched alkanes of at least 4 members (excludes halogenated alkanes) is 8. The topological polar surface area (TPSA) is 18.5 Å². The third-order valence-electron chi connectivity index (χ3n) is 2.53. The van der Waals surface area contributed by atoms with E-state index in [0.717, 1.165) is 13.0 Å². The van der Waals surface area contributed by atoms with Gasteiger partial charge in [-0.05, 0) is 13.3 Å². The van der Waals surface area contributed by atoms with E-state index in [1.165, 1.54) is 51.4 Å². The van der Waals surface area contributed by atoms with Crippen LogP contribution in [0.2, 0.25) is 0 Å². The second-order valence-electron chi connectivity index (χ2n) is 4.06. The average Bonchev–Trinajstić information content (AvgIpc) is 2.26. The summed E-state index contributed by atoms with van der Waals surface area (Å²) in [5.41, 5.74) is 0. The van der Waals surface area contributed by atoms with Gasteiger partial charge in [0.25, 0.3) is 0 Å². The molecule has 0 unspecified atom stereocenters. The zero-order valence-electron chi connectivity index (χ0n) is 10.6. The molecular formula is C13H28O2. The molecule has 0 saturated carbocycles. The molecule has 0 N–H and O–H groups in total. The van der Waals surface area contributed by atoms with Crippen LogP contribution in [0.15, 0.2) is 0 Å². The highest BCUT2D eigenvalue weighted by Crippen LogP contribution is 2.09. The minimum atomic E-state index is 0.650. The highest BCUT2D eigenvalue weighted by Gasteiger charge is 1.92. The first-order chi connectivity index (χ1) is 7.41. The third kappa shape index (κ3) is 13.9. The first-order valence-electron chi connectivity index (χ1n) is 6.66. The summed E-state index contributed by atoms with van der Waals surface area (Å²) in [6.45, 7) is 5.61. The van der Waals surface area contributed by atoms with Crippen LogP contribution < -0.4 is 0 Å². The lowest BCUT2D eigenvalue weighted by Gasteiger charge is -2.02. The molecule has 0 rings (SSSR count). The van der Waals surface area contributed by atoms with Gasteiger partial charge in [-0.15, -0.1) is 0 Å². The summed E-state index contributed by atoms with van der Waals surface area (Å²) in [7, 11) is 0. The van der Waals surface area contributed by atoms with Gasteiger partial charge in [-0.25, -0.2) is 9.78 Å². The monoisotopic (exact) mass is 216 g/mol. The molecule has 0 aromatic rings. The van der Waals surface area contributed by atoms with Gasteiger partial charge in [-0.1, -0.05) is 58.3 Å². The van der Waals surface area contributed by atoms with Crippen molar-refractivity contribution in [3.05, 3.63) is 0 Å². The molecule has 0 atom stereocenters. The van der Waals surface area contributed by atoms with Gasteiger partial charge in [0.15, 0.2) is 0 Å². The molecule has 15 heavy (non-hydrogen) atoms. The van der Waals surface area contributed by atoms with Crippen molar-refractivity contribution < 1.29 is 9.78 Å². The van der Waals surface area contributed by atoms with Crippen LogP contribution in [0.25, 0.3) is 0 Å². The first-order valence-corrected chi connectivity index (χ1v) is 6.66. The van der Waals surface area contributed by atoms with E-state index in [2.05, 4.69) is 6.92 Å².